The van der Waals surface area contributed by atoms with E-state index in [1.54, 1.807) is 22.7 Å². The topological polar surface area (TPSA) is 72.1 Å². The molecule has 0 saturated heterocycles. The van der Waals surface area contributed by atoms with Gasteiger partial charge in [-0.3, -0.25) is 9.69 Å². The fourth-order valence-corrected chi connectivity index (χ4v) is 4.61. The molecule has 1 aliphatic rings. The highest BCUT2D eigenvalue weighted by molar-refractivity contribution is 8.00. The van der Waals surface area contributed by atoms with Crippen molar-refractivity contribution in [1.82, 2.24) is 9.97 Å². The Labute approximate surface area is 160 Å². The number of anilines is 3. The Morgan fingerprint density at radius 1 is 1.08 bits per heavy atom. The molecular weight excluding hydrogens is 364 g/mol. The van der Waals surface area contributed by atoms with Crippen LogP contribution in [0.5, 0.6) is 0 Å². The van der Waals surface area contributed by atoms with Gasteiger partial charge >= 0.3 is 0 Å². The summed E-state index contributed by atoms with van der Waals surface area (Å²) in [6, 6.07) is 17.6. The average molecular weight is 380 g/mol. The van der Waals surface area contributed by atoms with Gasteiger partial charge in [-0.2, -0.15) is 0 Å². The summed E-state index contributed by atoms with van der Waals surface area (Å²) < 4.78 is 0. The Morgan fingerprint density at radius 3 is 2.31 bits per heavy atom. The zero-order valence-corrected chi connectivity index (χ0v) is 15.7. The molecule has 0 radical (unpaired) electrons. The Bertz CT molecular complexity index is 927. The monoisotopic (exact) mass is 380 g/mol. The molecule has 2 heterocycles. The lowest BCUT2D eigenvalue weighted by molar-refractivity contribution is -0.115. The molecule has 130 valence electrons. The molecule has 0 saturated carbocycles. The van der Waals surface area contributed by atoms with Crippen molar-refractivity contribution in [2.24, 2.45) is 0 Å². The van der Waals surface area contributed by atoms with Gasteiger partial charge in [0.1, 0.15) is 5.82 Å². The van der Waals surface area contributed by atoms with E-state index in [1.165, 1.54) is 11.8 Å². The van der Waals surface area contributed by atoms with Gasteiger partial charge in [0.25, 0.3) is 0 Å². The van der Waals surface area contributed by atoms with Gasteiger partial charge in [0, 0.05) is 21.6 Å². The molecule has 1 aliphatic heterocycles. The predicted octanol–water partition coefficient (Wildman–Crippen LogP) is 4.29. The van der Waals surface area contributed by atoms with Crippen LogP contribution in [0.2, 0.25) is 0 Å². The first-order valence-corrected chi connectivity index (χ1v) is 9.85. The molecule has 0 fully saturated rings. The van der Waals surface area contributed by atoms with E-state index in [9.17, 15) is 4.79 Å². The number of carbonyl (C=O) groups excluding carboxylic acids is 1. The van der Waals surface area contributed by atoms with E-state index in [4.69, 9.17) is 5.73 Å². The van der Waals surface area contributed by atoms with E-state index < -0.39 is 0 Å². The lowest BCUT2D eigenvalue weighted by Crippen LogP contribution is -2.30. The maximum Gasteiger partial charge on any atom is 0.242 e. The number of fused-ring (bicyclic) bond motifs is 2. The molecular formula is C19H16N4OS2. The molecule has 0 spiro atoms. The number of para-hydroxylation sites is 2. The molecule has 3 aromatic rings. The second-order valence-corrected chi connectivity index (χ2v) is 7.80. The van der Waals surface area contributed by atoms with Crippen molar-refractivity contribution >= 4 is 46.6 Å². The third-order valence-electron chi connectivity index (χ3n) is 3.86. The summed E-state index contributed by atoms with van der Waals surface area (Å²) in [4.78, 5) is 25.5. The highest BCUT2D eigenvalue weighted by atomic mass is 32.2. The summed E-state index contributed by atoms with van der Waals surface area (Å²) in [5.41, 5.74) is 8.38. The van der Waals surface area contributed by atoms with Crippen molar-refractivity contribution in [2.45, 2.75) is 21.9 Å². The number of thioether (sulfide) groups is 1. The quantitative estimate of drug-likeness (QED) is 0.540. The second kappa shape index (κ2) is 7.01. The molecule has 1 aromatic heterocycles. The van der Waals surface area contributed by atoms with E-state index in [2.05, 4.69) is 9.97 Å². The second-order valence-electron chi connectivity index (χ2n) is 5.77. The normalized spacial score (nSPS) is 12.4. The van der Waals surface area contributed by atoms with Crippen molar-refractivity contribution in [2.75, 3.05) is 16.4 Å². The zero-order valence-electron chi connectivity index (χ0n) is 14.0. The van der Waals surface area contributed by atoms with Gasteiger partial charge in [-0.15, -0.1) is 0 Å². The summed E-state index contributed by atoms with van der Waals surface area (Å²) in [7, 11) is 0. The molecule has 7 heteroatoms. The summed E-state index contributed by atoms with van der Waals surface area (Å²) in [6.45, 7) is 1.86. The zero-order chi connectivity index (χ0) is 18.1. The smallest absolute Gasteiger partial charge is 0.242 e. The largest absolute Gasteiger partial charge is 0.384 e. The van der Waals surface area contributed by atoms with Crippen LogP contribution in [0, 0.1) is 6.92 Å². The van der Waals surface area contributed by atoms with Crippen molar-refractivity contribution in [3.63, 3.8) is 0 Å². The molecule has 1 amide bonds. The average Bonchev–Trinajstić information content (AvgIpc) is 2.63. The first-order valence-electron chi connectivity index (χ1n) is 8.04. The third-order valence-corrected chi connectivity index (χ3v) is 5.82. The first kappa shape index (κ1) is 16.9. The molecule has 5 nitrogen and oxygen atoms in total. The molecule has 0 atom stereocenters. The van der Waals surface area contributed by atoms with Gasteiger partial charge in [0.2, 0.25) is 5.91 Å². The fourth-order valence-electron chi connectivity index (χ4n) is 2.79. The summed E-state index contributed by atoms with van der Waals surface area (Å²) in [5.74, 6) is 0.632. The van der Waals surface area contributed by atoms with Crippen LogP contribution in [0.4, 0.5) is 17.2 Å². The number of rotatable bonds is 3. The Balaban J connectivity index is 1.63. The minimum Gasteiger partial charge on any atom is -0.384 e. The SMILES string of the molecule is Cc1cc(N)nc(SCC(=O)N2c3ccccc3Sc3ccccc32)n1. The number of nitrogens with zero attached hydrogens (tertiary/aromatic N) is 3. The number of benzene rings is 2. The van der Waals surface area contributed by atoms with Gasteiger partial charge in [-0.25, -0.2) is 9.97 Å². The van der Waals surface area contributed by atoms with Gasteiger partial charge in [-0.1, -0.05) is 47.8 Å². The van der Waals surface area contributed by atoms with Crippen LogP contribution in [-0.4, -0.2) is 21.6 Å². The Morgan fingerprint density at radius 2 is 1.69 bits per heavy atom. The summed E-state index contributed by atoms with van der Waals surface area (Å²) in [5, 5.41) is 0.517. The van der Waals surface area contributed by atoms with Crippen LogP contribution in [0.25, 0.3) is 0 Å². The number of nitrogens with two attached hydrogens (primary N) is 1. The molecule has 26 heavy (non-hydrogen) atoms. The molecule has 2 aromatic carbocycles. The van der Waals surface area contributed by atoms with E-state index in [0.717, 1.165) is 26.9 Å². The molecule has 0 bridgehead atoms. The van der Waals surface area contributed by atoms with E-state index in [1.807, 2.05) is 55.5 Å². The van der Waals surface area contributed by atoms with Crippen LogP contribution in [0.3, 0.4) is 0 Å². The Hall–Kier alpha value is -2.51. The summed E-state index contributed by atoms with van der Waals surface area (Å²) in [6.07, 6.45) is 0. The molecule has 2 N–H and O–H groups in total. The maximum atomic E-state index is 13.1. The lowest BCUT2D eigenvalue weighted by atomic mass is 10.2. The van der Waals surface area contributed by atoms with Crippen LogP contribution in [-0.2, 0) is 4.79 Å². The molecule has 4 rings (SSSR count). The number of aromatic nitrogens is 2. The van der Waals surface area contributed by atoms with Gasteiger partial charge in [-0.05, 0) is 31.2 Å². The molecule has 0 unspecified atom stereocenters. The van der Waals surface area contributed by atoms with E-state index >= 15 is 0 Å². The number of hydrogen-bond donors (Lipinski definition) is 1. The Kier molecular flexibility index (Phi) is 4.57. The van der Waals surface area contributed by atoms with Crippen LogP contribution in [0.15, 0.2) is 69.5 Å². The van der Waals surface area contributed by atoms with Crippen molar-refractivity contribution in [3.8, 4) is 0 Å². The number of amides is 1. The summed E-state index contributed by atoms with van der Waals surface area (Å²) >= 11 is 2.98. The van der Waals surface area contributed by atoms with Crippen LogP contribution in [0.1, 0.15) is 5.69 Å². The first-order chi connectivity index (χ1) is 12.6. The predicted molar refractivity (Wildman–Crippen MR) is 106 cm³/mol. The van der Waals surface area contributed by atoms with Gasteiger partial charge < -0.3 is 5.73 Å². The highest BCUT2D eigenvalue weighted by Gasteiger charge is 2.27. The fraction of sp³-hybridized carbons (Fsp3) is 0.105. The van der Waals surface area contributed by atoms with Crippen LogP contribution < -0.4 is 10.6 Å². The molecule has 0 aliphatic carbocycles. The van der Waals surface area contributed by atoms with Crippen molar-refractivity contribution < 1.29 is 4.79 Å². The number of aryl methyl sites for hydroxylation is 1. The minimum atomic E-state index is -0.0149. The third kappa shape index (κ3) is 3.27. The van der Waals surface area contributed by atoms with Crippen molar-refractivity contribution in [1.29, 1.82) is 0 Å². The van der Waals surface area contributed by atoms with E-state index in [-0.39, 0.29) is 11.7 Å². The van der Waals surface area contributed by atoms with Gasteiger partial charge in [0.15, 0.2) is 5.16 Å². The highest BCUT2D eigenvalue weighted by Crippen LogP contribution is 2.48. The lowest BCUT2D eigenvalue weighted by Gasteiger charge is -2.30. The van der Waals surface area contributed by atoms with E-state index in [0.29, 0.717) is 11.0 Å². The number of carbonyl (C=O) groups is 1. The van der Waals surface area contributed by atoms with Crippen LogP contribution >= 0.6 is 23.5 Å². The number of nitrogen functional groups attached to an aromatic ring is 1. The van der Waals surface area contributed by atoms with Gasteiger partial charge in [0.05, 0.1) is 17.1 Å². The number of hydrogen-bond acceptors (Lipinski definition) is 6. The maximum absolute atomic E-state index is 13.1. The van der Waals surface area contributed by atoms with Crippen molar-refractivity contribution in [3.05, 3.63) is 60.3 Å². The standard InChI is InChI=1S/C19H16N4OS2/c1-12-10-17(20)22-19(21-12)25-11-18(24)23-13-6-2-4-8-15(13)26-16-9-5-3-7-14(16)23/h2-10H,11H2,1H3,(H2,20,21,22). The minimum absolute atomic E-state index is 0.0149.